The minimum absolute atomic E-state index is 0.0855. The quantitative estimate of drug-likeness (QED) is 0.701. The topological polar surface area (TPSA) is 98.1 Å². The lowest BCUT2D eigenvalue weighted by molar-refractivity contribution is -0.117. The van der Waals surface area contributed by atoms with Gasteiger partial charge in [0.15, 0.2) is 11.0 Å². The Kier molecular flexibility index (Phi) is 7.13. The molecule has 1 heterocycles. The highest BCUT2D eigenvalue weighted by Crippen LogP contribution is 2.25. The van der Waals surface area contributed by atoms with Gasteiger partial charge in [-0.3, -0.25) is 10.1 Å². The molecule has 1 fully saturated rings. The van der Waals surface area contributed by atoms with Crippen molar-refractivity contribution < 1.29 is 14.3 Å². The number of methoxy groups -OCH3 is 1. The van der Waals surface area contributed by atoms with E-state index in [1.807, 2.05) is 35.9 Å². The summed E-state index contributed by atoms with van der Waals surface area (Å²) in [5.74, 6) is 1.63. The SMILES string of the molecule is COc1ccc(-c2nnc(SCC(=O)NC(=O)N[C@@H]3CCCC[C@H]3C)n2C)cc1. The van der Waals surface area contributed by atoms with Crippen LogP contribution >= 0.6 is 11.8 Å². The molecule has 0 aliphatic heterocycles. The van der Waals surface area contributed by atoms with E-state index in [1.54, 1.807) is 7.11 Å². The van der Waals surface area contributed by atoms with E-state index >= 15 is 0 Å². The number of urea groups is 1. The third kappa shape index (κ3) is 5.50. The molecule has 3 amide bonds. The van der Waals surface area contributed by atoms with Gasteiger partial charge < -0.3 is 14.6 Å². The fourth-order valence-electron chi connectivity index (χ4n) is 3.46. The van der Waals surface area contributed by atoms with Crippen LogP contribution in [0.5, 0.6) is 5.75 Å². The van der Waals surface area contributed by atoms with Crippen LogP contribution in [0, 0.1) is 5.92 Å². The monoisotopic (exact) mass is 417 g/mol. The Morgan fingerprint density at radius 3 is 2.62 bits per heavy atom. The molecule has 9 heteroatoms. The summed E-state index contributed by atoms with van der Waals surface area (Å²) in [6.45, 7) is 2.14. The van der Waals surface area contributed by atoms with Crippen molar-refractivity contribution in [1.82, 2.24) is 25.4 Å². The number of nitrogens with one attached hydrogen (secondary N) is 2. The maximum atomic E-state index is 12.1. The first-order valence-electron chi connectivity index (χ1n) is 9.75. The van der Waals surface area contributed by atoms with Crippen LogP contribution in [-0.4, -0.2) is 45.6 Å². The first kappa shape index (κ1) is 21.2. The number of benzene rings is 1. The Labute approximate surface area is 174 Å². The molecule has 29 heavy (non-hydrogen) atoms. The third-order valence-corrected chi connectivity index (χ3v) is 6.22. The van der Waals surface area contributed by atoms with Crippen LogP contribution in [0.3, 0.4) is 0 Å². The molecule has 0 bridgehead atoms. The number of hydrogen-bond acceptors (Lipinski definition) is 6. The van der Waals surface area contributed by atoms with Crippen molar-refractivity contribution >= 4 is 23.7 Å². The first-order chi connectivity index (χ1) is 14.0. The number of rotatable bonds is 6. The summed E-state index contributed by atoms with van der Waals surface area (Å²) in [6, 6.07) is 7.23. The first-order valence-corrected chi connectivity index (χ1v) is 10.7. The van der Waals surface area contributed by atoms with Gasteiger partial charge >= 0.3 is 6.03 Å². The molecule has 0 saturated heterocycles. The summed E-state index contributed by atoms with van der Waals surface area (Å²) in [7, 11) is 3.46. The van der Waals surface area contributed by atoms with Crippen molar-refractivity contribution in [1.29, 1.82) is 0 Å². The average molecular weight is 418 g/mol. The number of nitrogens with zero attached hydrogens (tertiary/aromatic N) is 3. The summed E-state index contributed by atoms with van der Waals surface area (Å²) < 4.78 is 6.99. The number of hydrogen-bond donors (Lipinski definition) is 2. The third-order valence-electron chi connectivity index (χ3n) is 5.20. The van der Waals surface area contributed by atoms with Gasteiger partial charge in [-0.05, 0) is 43.0 Å². The molecule has 2 atom stereocenters. The number of amides is 3. The summed E-state index contributed by atoms with van der Waals surface area (Å²) >= 11 is 1.24. The summed E-state index contributed by atoms with van der Waals surface area (Å²) in [5, 5.41) is 14.3. The van der Waals surface area contributed by atoms with Crippen molar-refractivity contribution in [3.8, 4) is 17.1 Å². The molecular formula is C20H27N5O3S. The Balaban J connectivity index is 1.51. The van der Waals surface area contributed by atoms with Gasteiger partial charge in [0.1, 0.15) is 5.75 Å². The Morgan fingerprint density at radius 2 is 1.93 bits per heavy atom. The smallest absolute Gasteiger partial charge is 0.321 e. The Bertz CT molecular complexity index is 852. The molecule has 1 aromatic heterocycles. The van der Waals surface area contributed by atoms with Gasteiger partial charge in [0.2, 0.25) is 5.91 Å². The van der Waals surface area contributed by atoms with Crippen molar-refractivity contribution in [2.75, 3.05) is 12.9 Å². The van der Waals surface area contributed by atoms with Crippen LogP contribution in [-0.2, 0) is 11.8 Å². The lowest BCUT2D eigenvalue weighted by Gasteiger charge is -2.29. The van der Waals surface area contributed by atoms with E-state index in [-0.39, 0.29) is 17.7 Å². The highest BCUT2D eigenvalue weighted by Gasteiger charge is 2.23. The zero-order chi connectivity index (χ0) is 20.8. The molecule has 0 radical (unpaired) electrons. The van der Waals surface area contributed by atoms with E-state index in [9.17, 15) is 9.59 Å². The van der Waals surface area contributed by atoms with Crippen molar-refractivity contribution in [2.24, 2.45) is 13.0 Å². The lowest BCUT2D eigenvalue weighted by atomic mass is 9.86. The second-order valence-electron chi connectivity index (χ2n) is 7.27. The van der Waals surface area contributed by atoms with Crippen LogP contribution < -0.4 is 15.4 Å². The van der Waals surface area contributed by atoms with E-state index in [1.165, 1.54) is 18.2 Å². The van der Waals surface area contributed by atoms with Crippen LogP contribution in [0.4, 0.5) is 4.79 Å². The van der Waals surface area contributed by atoms with Gasteiger partial charge in [0, 0.05) is 18.7 Å². The second-order valence-corrected chi connectivity index (χ2v) is 8.21. The fraction of sp³-hybridized carbons (Fsp3) is 0.500. The number of aromatic nitrogens is 3. The predicted molar refractivity (Wildman–Crippen MR) is 112 cm³/mol. The van der Waals surface area contributed by atoms with Crippen molar-refractivity contribution in [3.63, 3.8) is 0 Å². The van der Waals surface area contributed by atoms with Gasteiger partial charge in [-0.1, -0.05) is 31.5 Å². The molecule has 1 aliphatic rings. The van der Waals surface area contributed by atoms with E-state index in [2.05, 4.69) is 27.8 Å². The van der Waals surface area contributed by atoms with Crippen molar-refractivity contribution in [3.05, 3.63) is 24.3 Å². The van der Waals surface area contributed by atoms with Crippen LogP contribution in [0.15, 0.2) is 29.4 Å². The largest absolute Gasteiger partial charge is 0.497 e. The predicted octanol–water partition coefficient (Wildman–Crippen LogP) is 2.99. The number of imide groups is 1. The molecule has 1 saturated carbocycles. The zero-order valence-electron chi connectivity index (χ0n) is 17.0. The summed E-state index contributed by atoms with van der Waals surface area (Å²) in [5.41, 5.74) is 0.901. The second kappa shape index (κ2) is 9.78. The van der Waals surface area contributed by atoms with E-state index in [4.69, 9.17) is 4.74 Å². The van der Waals surface area contributed by atoms with E-state index in [0.717, 1.165) is 30.6 Å². The number of carbonyl (C=O) groups excluding carboxylic acids is 2. The highest BCUT2D eigenvalue weighted by molar-refractivity contribution is 7.99. The van der Waals surface area contributed by atoms with Gasteiger partial charge in [-0.15, -0.1) is 10.2 Å². The molecule has 0 unspecified atom stereocenters. The number of ether oxygens (including phenoxy) is 1. The number of thioether (sulfide) groups is 1. The average Bonchev–Trinajstić information content (AvgIpc) is 3.08. The minimum Gasteiger partial charge on any atom is -0.497 e. The summed E-state index contributed by atoms with van der Waals surface area (Å²) in [4.78, 5) is 24.2. The highest BCUT2D eigenvalue weighted by atomic mass is 32.2. The molecule has 1 aromatic carbocycles. The molecule has 3 rings (SSSR count). The van der Waals surface area contributed by atoms with Gasteiger partial charge in [0.05, 0.1) is 12.9 Å². The Morgan fingerprint density at radius 1 is 1.21 bits per heavy atom. The van der Waals surface area contributed by atoms with Crippen LogP contribution in [0.1, 0.15) is 32.6 Å². The maximum absolute atomic E-state index is 12.1. The standard InChI is InChI=1S/C20H27N5O3S/c1-13-6-4-5-7-16(13)21-19(27)22-17(26)12-29-20-24-23-18(25(20)2)14-8-10-15(28-3)11-9-14/h8-11,13,16H,4-7,12H2,1-3H3,(H2,21,22,26,27)/t13-,16-/m1/s1. The molecule has 1 aliphatic carbocycles. The lowest BCUT2D eigenvalue weighted by Crippen LogP contribution is -2.48. The van der Waals surface area contributed by atoms with Gasteiger partial charge in [-0.2, -0.15) is 0 Å². The molecule has 156 valence electrons. The number of carbonyl (C=O) groups is 2. The minimum atomic E-state index is -0.425. The van der Waals surface area contributed by atoms with Crippen LogP contribution in [0.2, 0.25) is 0 Å². The fourth-order valence-corrected chi connectivity index (χ4v) is 4.17. The Hall–Kier alpha value is -2.55. The van der Waals surface area contributed by atoms with Crippen molar-refractivity contribution in [2.45, 2.75) is 43.8 Å². The zero-order valence-corrected chi connectivity index (χ0v) is 17.8. The van der Waals surface area contributed by atoms with Crippen LogP contribution in [0.25, 0.3) is 11.4 Å². The van der Waals surface area contributed by atoms with E-state index < -0.39 is 6.03 Å². The maximum Gasteiger partial charge on any atom is 0.321 e. The van der Waals surface area contributed by atoms with E-state index in [0.29, 0.717) is 16.9 Å². The summed E-state index contributed by atoms with van der Waals surface area (Å²) in [6.07, 6.45) is 4.39. The van der Waals surface area contributed by atoms with Gasteiger partial charge in [-0.25, -0.2) is 4.79 Å². The molecule has 0 spiro atoms. The molecule has 2 aromatic rings. The molecule has 8 nitrogen and oxygen atoms in total. The molecule has 2 N–H and O–H groups in total. The normalized spacial score (nSPS) is 18.9. The van der Waals surface area contributed by atoms with Gasteiger partial charge in [0.25, 0.3) is 0 Å². The molecular weight excluding hydrogens is 390 g/mol.